The molecule has 7 heteroatoms. The third-order valence-corrected chi connectivity index (χ3v) is 5.41. The van der Waals surface area contributed by atoms with Crippen LogP contribution in [-0.2, 0) is 0 Å². The van der Waals surface area contributed by atoms with Gasteiger partial charge in [-0.15, -0.1) is 0 Å². The van der Waals surface area contributed by atoms with Gasteiger partial charge < -0.3 is 25.6 Å². The Balaban J connectivity index is 1.55. The molecule has 0 aliphatic carbocycles. The molecule has 0 saturated carbocycles. The lowest BCUT2D eigenvalue weighted by molar-refractivity contribution is 0.0698. The topological polar surface area (TPSA) is 108 Å². The number of amides is 1. The number of hydrogen-bond acceptors (Lipinski definition) is 5. The summed E-state index contributed by atoms with van der Waals surface area (Å²) in [6.45, 7) is 1.76. The van der Waals surface area contributed by atoms with E-state index in [1.165, 1.54) is 18.2 Å². The van der Waals surface area contributed by atoms with Crippen molar-refractivity contribution >= 4 is 17.6 Å². The Kier molecular flexibility index (Phi) is 6.37. The molecule has 3 aromatic carbocycles. The van der Waals surface area contributed by atoms with Crippen LogP contribution in [0.4, 0.5) is 5.69 Å². The maximum Gasteiger partial charge on any atom is 0.337 e. The summed E-state index contributed by atoms with van der Waals surface area (Å²) in [4.78, 5) is 24.5. The number of nitrogens with one attached hydrogen (secondary N) is 2. The van der Waals surface area contributed by atoms with Gasteiger partial charge in [0.1, 0.15) is 17.6 Å². The van der Waals surface area contributed by atoms with Crippen LogP contribution >= 0.6 is 0 Å². The lowest BCUT2D eigenvalue weighted by atomic mass is 10.0. The fraction of sp³-hybridized carbons (Fsp3) is 0.200. The number of rotatable bonds is 6. The van der Waals surface area contributed by atoms with Crippen LogP contribution in [0.25, 0.3) is 11.1 Å². The molecule has 7 nitrogen and oxygen atoms in total. The summed E-state index contributed by atoms with van der Waals surface area (Å²) in [6, 6.07) is 18.7. The van der Waals surface area contributed by atoms with Crippen molar-refractivity contribution in [3.05, 3.63) is 77.9 Å². The van der Waals surface area contributed by atoms with E-state index >= 15 is 0 Å². The molecule has 164 valence electrons. The number of hydrogen-bond donors (Lipinski definition) is 4. The highest BCUT2D eigenvalue weighted by Crippen LogP contribution is 2.29. The van der Waals surface area contributed by atoms with Crippen LogP contribution in [0.3, 0.4) is 0 Å². The highest BCUT2D eigenvalue weighted by molar-refractivity contribution is 6.09. The molecular formula is C25H24N2O5. The molecule has 3 aromatic rings. The van der Waals surface area contributed by atoms with Crippen molar-refractivity contribution in [2.75, 3.05) is 18.4 Å². The maximum absolute atomic E-state index is 12.8. The molecule has 1 heterocycles. The minimum atomic E-state index is -1.16. The second-order valence-electron chi connectivity index (χ2n) is 7.63. The molecule has 1 aliphatic heterocycles. The Morgan fingerprint density at radius 3 is 2.31 bits per heavy atom. The van der Waals surface area contributed by atoms with Gasteiger partial charge >= 0.3 is 5.97 Å². The minimum Gasteiger partial charge on any atom is -0.507 e. The van der Waals surface area contributed by atoms with Crippen LogP contribution in [0.2, 0.25) is 0 Å². The van der Waals surface area contributed by atoms with Gasteiger partial charge in [0, 0.05) is 6.07 Å². The van der Waals surface area contributed by atoms with Gasteiger partial charge in [-0.1, -0.05) is 36.4 Å². The number of aromatic hydroxyl groups is 1. The first-order chi connectivity index (χ1) is 15.5. The van der Waals surface area contributed by atoms with Crippen molar-refractivity contribution in [2.45, 2.75) is 18.9 Å². The fourth-order valence-corrected chi connectivity index (χ4v) is 3.72. The van der Waals surface area contributed by atoms with E-state index in [1.54, 1.807) is 18.2 Å². The molecule has 0 aromatic heterocycles. The summed E-state index contributed by atoms with van der Waals surface area (Å²) in [7, 11) is 0. The highest BCUT2D eigenvalue weighted by atomic mass is 16.5. The Bertz CT molecular complexity index is 1120. The van der Waals surface area contributed by atoms with Gasteiger partial charge in [0.25, 0.3) is 5.91 Å². The van der Waals surface area contributed by atoms with E-state index < -0.39 is 11.9 Å². The molecule has 0 spiro atoms. The zero-order chi connectivity index (χ0) is 22.5. The molecule has 1 aliphatic rings. The third kappa shape index (κ3) is 4.90. The van der Waals surface area contributed by atoms with Gasteiger partial charge in [-0.25, -0.2) is 4.79 Å². The van der Waals surface area contributed by atoms with Gasteiger partial charge in [0.2, 0.25) is 0 Å². The number of benzene rings is 3. The van der Waals surface area contributed by atoms with Gasteiger partial charge in [-0.2, -0.15) is 0 Å². The average molecular weight is 432 g/mol. The number of carbonyl (C=O) groups is 2. The number of aromatic carboxylic acids is 1. The number of ether oxygens (including phenoxy) is 1. The van der Waals surface area contributed by atoms with E-state index in [9.17, 15) is 19.8 Å². The number of phenols is 1. The fourth-order valence-electron chi connectivity index (χ4n) is 3.72. The highest BCUT2D eigenvalue weighted by Gasteiger charge is 2.19. The standard InChI is InChI=1S/C25H24N2O5/c28-23-15-19(32-18-10-12-26-13-11-18)7-9-21(23)24(29)27-22-14-17(6-8-20(22)25(30)31)16-4-2-1-3-5-16/h1-9,14-15,18,26,28H,10-13H2,(H,27,29)(H,30,31). The smallest absolute Gasteiger partial charge is 0.337 e. The summed E-state index contributed by atoms with van der Waals surface area (Å²) < 4.78 is 5.90. The van der Waals surface area contributed by atoms with Crippen molar-refractivity contribution in [3.8, 4) is 22.6 Å². The molecule has 0 radical (unpaired) electrons. The number of phenolic OH excluding ortho intramolecular Hbond substituents is 1. The first-order valence-electron chi connectivity index (χ1n) is 10.5. The molecule has 0 unspecified atom stereocenters. The molecule has 1 saturated heterocycles. The summed E-state index contributed by atoms with van der Waals surface area (Å²) in [5, 5.41) is 25.8. The third-order valence-electron chi connectivity index (χ3n) is 5.41. The summed E-state index contributed by atoms with van der Waals surface area (Å²) in [6.07, 6.45) is 1.81. The Morgan fingerprint density at radius 1 is 0.906 bits per heavy atom. The van der Waals surface area contributed by atoms with E-state index in [2.05, 4.69) is 10.6 Å². The van der Waals surface area contributed by atoms with E-state index in [0.717, 1.165) is 37.1 Å². The summed E-state index contributed by atoms with van der Waals surface area (Å²) >= 11 is 0. The average Bonchev–Trinajstić information content (AvgIpc) is 2.80. The molecule has 0 bridgehead atoms. The molecular weight excluding hydrogens is 408 g/mol. The number of carboxylic acids is 1. The van der Waals surface area contributed by atoms with Crippen molar-refractivity contribution in [2.24, 2.45) is 0 Å². The Hall–Kier alpha value is -3.84. The van der Waals surface area contributed by atoms with E-state index in [-0.39, 0.29) is 28.7 Å². The second kappa shape index (κ2) is 9.53. The Morgan fingerprint density at radius 2 is 1.62 bits per heavy atom. The maximum atomic E-state index is 12.8. The van der Waals surface area contributed by atoms with Crippen molar-refractivity contribution in [1.29, 1.82) is 0 Å². The predicted octanol–water partition coefficient (Wildman–Crippen LogP) is 4.14. The monoisotopic (exact) mass is 432 g/mol. The quantitative estimate of drug-likeness (QED) is 0.466. The largest absolute Gasteiger partial charge is 0.507 e. The molecule has 4 N–H and O–H groups in total. The first kappa shape index (κ1) is 21.4. The van der Waals surface area contributed by atoms with Crippen LogP contribution < -0.4 is 15.4 Å². The first-order valence-corrected chi connectivity index (χ1v) is 10.5. The zero-order valence-electron chi connectivity index (χ0n) is 17.4. The van der Waals surface area contributed by atoms with E-state index in [0.29, 0.717) is 5.75 Å². The van der Waals surface area contributed by atoms with Crippen LogP contribution in [0.15, 0.2) is 66.7 Å². The number of carbonyl (C=O) groups excluding carboxylic acids is 1. The molecule has 1 fully saturated rings. The zero-order valence-corrected chi connectivity index (χ0v) is 17.4. The van der Waals surface area contributed by atoms with Crippen molar-refractivity contribution < 1.29 is 24.5 Å². The SMILES string of the molecule is O=C(Nc1cc(-c2ccccc2)ccc1C(=O)O)c1ccc(OC2CCNCC2)cc1O. The normalized spacial score (nSPS) is 14.0. The van der Waals surface area contributed by atoms with Crippen LogP contribution in [-0.4, -0.2) is 41.3 Å². The predicted molar refractivity (Wildman–Crippen MR) is 121 cm³/mol. The number of anilines is 1. The van der Waals surface area contributed by atoms with Gasteiger partial charge in [0.15, 0.2) is 0 Å². The number of carboxylic acid groups (broad SMARTS) is 1. The van der Waals surface area contributed by atoms with Crippen LogP contribution in [0.5, 0.6) is 11.5 Å². The second-order valence-corrected chi connectivity index (χ2v) is 7.63. The van der Waals surface area contributed by atoms with E-state index in [1.807, 2.05) is 30.3 Å². The van der Waals surface area contributed by atoms with Crippen LogP contribution in [0, 0.1) is 0 Å². The molecule has 0 atom stereocenters. The molecule has 4 rings (SSSR count). The van der Waals surface area contributed by atoms with E-state index in [4.69, 9.17) is 4.74 Å². The summed E-state index contributed by atoms with van der Waals surface area (Å²) in [5.41, 5.74) is 1.80. The lowest BCUT2D eigenvalue weighted by Crippen LogP contribution is -2.34. The molecule has 32 heavy (non-hydrogen) atoms. The number of piperidine rings is 1. The van der Waals surface area contributed by atoms with Crippen molar-refractivity contribution in [1.82, 2.24) is 5.32 Å². The molecule has 1 amide bonds. The minimum absolute atomic E-state index is 0.0316. The van der Waals surface area contributed by atoms with Crippen LogP contribution in [0.1, 0.15) is 33.6 Å². The van der Waals surface area contributed by atoms with Gasteiger partial charge in [-0.3, -0.25) is 4.79 Å². The van der Waals surface area contributed by atoms with Crippen molar-refractivity contribution in [3.63, 3.8) is 0 Å². The summed E-state index contributed by atoms with van der Waals surface area (Å²) in [5.74, 6) is -1.51. The van der Waals surface area contributed by atoms with Gasteiger partial charge in [0.05, 0.1) is 16.8 Å². The lowest BCUT2D eigenvalue weighted by Gasteiger charge is -2.24. The Labute approximate surface area is 185 Å². The van der Waals surface area contributed by atoms with Gasteiger partial charge in [-0.05, 0) is 61.3 Å².